The predicted molar refractivity (Wildman–Crippen MR) is 102 cm³/mol. The smallest absolute Gasteiger partial charge is 0.253 e. The standard InChI is InChI=1S/C20H31N3O3/c1-3-5-13-23(14-10-19(24)22-15-11-21-12-16-22)20(25)17-6-8-18(9-7-17)26-4-2/h6-9,21H,3-5,10-16H2,1-2H3. The summed E-state index contributed by atoms with van der Waals surface area (Å²) in [7, 11) is 0. The van der Waals surface area contributed by atoms with Gasteiger partial charge in [-0.3, -0.25) is 9.59 Å². The average Bonchev–Trinajstić information content (AvgIpc) is 2.69. The Hall–Kier alpha value is -2.08. The Labute approximate surface area is 156 Å². The highest BCUT2D eigenvalue weighted by atomic mass is 16.5. The molecule has 0 aliphatic carbocycles. The number of piperazine rings is 1. The van der Waals surface area contributed by atoms with Gasteiger partial charge in [-0.25, -0.2) is 0 Å². The fraction of sp³-hybridized carbons (Fsp3) is 0.600. The van der Waals surface area contributed by atoms with Gasteiger partial charge in [0.15, 0.2) is 0 Å². The molecule has 144 valence electrons. The van der Waals surface area contributed by atoms with Crippen LogP contribution >= 0.6 is 0 Å². The maximum absolute atomic E-state index is 12.9. The van der Waals surface area contributed by atoms with E-state index in [1.807, 2.05) is 24.0 Å². The molecule has 2 amide bonds. The number of benzene rings is 1. The van der Waals surface area contributed by atoms with Crippen molar-refractivity contribution < 1.29 is 14.3 Å². The molecule has 0 bridgehead atoms. The zero-order valence-electron chi connectivity index (χ0n) is 16.0. The normalized spacial score (nSPS) is 14.2. The second kappa shape index (κ2) is 10.8. The molecule has 1 saturated heterocycles. The van der Waals surface area contributed by atoms with Crippen molar-refractivity contribution >= 4 is 11.8 Å². The van der Waals surface area contributed by atoms with E-state index in [0.29, 0.717) is 31.7 Å². The van der Waals surface area contributed by atoms with E-state index in [2.05, 4.69) is 12.2 Å². The van der Waals surface area contributed by atoms with Gasteiger partial charge >= 0.3 is 0 Å². The molecule has 0 radical (unpaired) electrons. The number of carbonyl (C=O) groups excluding carboxylic acids is 2. The molecule has 1 N–H and O–H groups in total. The van der Waals surface area contributed by atoms with Crippen LogP contribution in [0.2, 0.25) is 0 Å². The van der Waals surface area contributed by atoms with Crippen molar-refractivity contribution in [3.05, 3.63) is 29.8 Å². The van der Waals surface area contributed by atoms with Gasteiger partial charge < -0.3 is 19.9 Å². The third kappa shape index (κ3) is 6.02. The molecule has 1 aromatic carbocycles. The van der Waals surface area contributed by atoms with Crippen LogP contribution in [0.1, 0.15) is 43.5 Å². The number of hydrogen-bond donors (Lipinski definition) is 1. The van der Waals surface area contributed by atoms with Gasteiger partial charge in [0.05, 0.1) is 6.61 Å². The Kier molecular flexibility index (Phi) is 8.41. The molecule has 0 saturated carbocycles. The Bertz CT molecular complexity index is 568. The van der Waals surface area contributed by atoms with Crippen LogP contribution in [0.25, 0.3) is 0 Å². The lowest BCUT2D eigenvalue weighted by Crippen LogP contribution is -2.47. The van der Waals surface area contributed by atoms with Crippen molar-refractivity contribution in [1.82, 2.24) is 15.1 Å². The van der Waals surface area contributed by atoms with Crippen LogP contribution in [0.4, 0.5) is 0 Å². The predicted octanol–water partition coefficient (Wildman–Crippen LogP) is 2.15. The SMILES string of the molecule is CCCCN(CCC(=O)N1CCNCC1)C(=O)c1ccc(OCC)cc1. The fourth-order valence-electron chi connectivity index (χ4n) is 3.01. The molecule has 0 atom stereocenters. The number of unbranched alkanes of at least 4 members (excludes halogenated alkanes) is 1. The molecule has 26 heavy (non-hydrogen) atoms. The van der Waals surface area contributed by atoms with E-state index in [1.54, 1.807) is 17.0 Å². The van der Waals surface area contributed by atoms with Crippen LogP contribution in [0.15, 0.2) is 24.3 Å². The van der Waals surface area contributed by atoms with Crippen molar-refractivity contribution in [2.75, 3.05) is 45.9 Å². The van der Waals surface area contributed by atoms with Crippen molar-refractivity contribution in [1.29, 1.82) is 0 Å². The first-order valence-corrected chi connectivity index (χ1v) is 9.66. The van der Waals surface area contributed by atoms with Gasteiger partial charge in [-0.2, -0.15) is 0 Å². The average molecular weight is 361 g/mol. The summed E-state index contributed by atoms with van der Waals surface area (Å²) in [5.74, 6) is 0.875. The Morgan fingerprint density at radius 2 is 1.81 bits per heavy atom. The first kappa shape index (κ1) is 20.2. The summed E-state index contributed by atoms with van der Waals surface area (Å²) in [6.45, 7) is 8.97. The summed E-state index contributed by atoms with van der Waals surface area (Å²) < 4.78 is 5.43. The molecular weight excluding hydrogens is 330 g/mol. The fourth-order valence-corrected chi connectivity index (χ4v) is 3.01. The zero-order valence-corrected chi connectivity index (χ0v) is 16.0. The summed E-state index contributed by atoms with van der Waals surface area (Å²) in [5, 5.41) is 3.25. The molecule has 1 aliphatic heterocycles. The van der Waals surface area contributed by atoms with E-state index in [0.717, 1.165) is 44.8 Å². The number of carbonyl (C=O) groups is 2. The minimum Gasteiger partial charge on any atom is -0.494 e. The third-order valence-corrected chi connectivity index (χ3v) is 4.55. The lowest BCUT2D eigenvalue weighted by Gasteiger charge is -2.29. The molecule has 2 rings (SSSR count). The molecule has 1 aromatic rings. The van der Waals surface area contributed by atoms with Crippen LogP contribution in [0.5, 0.6) is 5.75 Å². The maximum atomic E-state index is 12.9. The van der Waals surface area contributed by atoms with Gasteiger partial charge in [0.1, 0.15) is 5.75 Å². The summed E-state index contributed by atoms with van der Waals surface area (Å²) in [6.07, 6.45) is 2.33. The van der Waals surface area contributed by atoms with Crippen molar-refractivity contribution in [3.63, 3.8) is 0 Å². The molecule has 6 nitrogen and oxygen atoms in total. The van der Waals surface area contributed by atoms with Crippen LogP contribution in [-0.2, 0) is 4.79 Å². The number of hydrogen-bond acceptors (Lipinski definition) is 4. The summed E-state index contributed by atoms with van der Waals surface area (Å²) in [4.78, 5) is 28.9. The monoisotopic (exact) mass is 361 g/mol. The molecular formula is C20H31N3O3. The number of nitrogens with zero attached hydrogens (tertiary/aromatic N) is 2. The van der Waals surface area contributed by atoms with E-state index in [9.17, 15) is 9.59 Å². The van der Waals surface area contributed by atoms with E-state index in [4.69, 9.17) is 4.74 Å². The Balaban J connectivity index is 1.95. The summed E-state index contributed by atoms with van der Waals surface area (Å²) in [5.41, 5.74) is 0.638. The number of ether oxygens (including phenoxy) is 1. The second-order valence-corrected chi connectivity index (χ2v) is 6.48. The molecule has 0 spiro atoms. The number of amides is 2. The van der Waals surface area contributed by atoms with Crippen molar-refractivity contribution in [2.45, 2.75) is 33.1 Å². The van der Waals surface area contributed by atoms with Gasteiger partial charge in [0, 0.05) is 51.3 Å². The van der Waals surface area contributed by atoms with E-state index in [-0.39, 0.29) is 11.8 Å². The quantitative estimate of drug-likeness (QED) is 0.732. The van der Waals surface area contributed by atoms with Gasteiger partial charge in [-0.05, 0) is 37.6 Å². The van der Waals surface area contributed by atoms with E-state index >= 15 is 0 Å². The Morgan fingerprint density at radius 1 is 1.12 bits per heavy atom. The van der Waals surface area contributed by atoms with Gasteiger partial charge in [-0.15, -0.1) is 0 Å². The topological polar surface area (TPSA) is 61.9 Å². The highest BCUT2D eigenvalue weighted by Crippen LogP contribution is 2.14. The summed E-state index contributed by atoms with van der Waals surface area (Å²) >= 11 is 0. The lowest BCUT2D eigenvalue weighted by molar-refractivity contribution is -0.131. The molecule has 1 heterocycles. The lowest BCUT2D eigenvalue weighted by atomic mass is 10.1. The van der Waals surface area contributed by atoms with Crippen molar-refractivity contribution in [3.8, 4) is 5.75 Å². The van der Waals surface area contributed by atoms with Gasteiger partial charge in [0.2, 0.25) is 5.91 Å². The maximum Gasteiger partial charge on any atom is 0.253 e. The van der Waals surface area contributed by atoms with Gasteiger partial charge in [0.25, 0.3) is 5.91 Å². The van der Waals surface area contributed by atoms with Crippen LogP contribution < -0.4 is 10.1 Å². The molecule has 0 unspecified atom stereocenters. The van der Waals surface area contributed by atoms with Crippen LogP contribution in [0, 0.1) is 0 Å². The molecule has 1 aliphatic rings. The van der Waals surface area contributed by atoms with E-state index < -0.39 is 0 Å². The molecule has 6 heteroatoms. The summed E-state index contributed by atoms with van der Waals surface area (Å²) in [6, 6.07) is 7.23. The zero-order chi connectivity index (χ0) is 18.8. The second-order valence-electron chi connectivity index (χ2n) is 6.48. The van der Waals surface area contributed by atoms with Crippen molar-refractivity contribution in [2.24, 2.45) is 0 Å². The first-order valence-electron chi connectivity index (χ1n) is 9.66. The first-order chi connectivity index (χ1) is 12.7. The highest BCUT2D eigenvalue weighted by molar-refractivity contribution is 5.94. The largest absolute Gasteiger partial charge is 0.494 e. The minimum atomic E-state index is -0.0189. The van der Waals surface area contributed by atoms with Crippen LogP contribution in [-0.4, -0.2) is 67.5 Å². The highest BCUT2D eigenvalue weighted by Gasteiger charge is 2.20. The Morgan fingerprint density at radius 3 is 2.42 bits per heavy atom. The van der Waals surface area contributed by atoms with Gasteiger partial charge in [-0.1, -0.05) is 13.3 Å². The third-order valence-electron chi connectivity index (χ3n) is 4.55. The van der Waals surface area contributed by atoms with E-state index in [1.165, 1.54) is 0 Å². The minimum absolute atomic E-state index is 0.0189. The molecule has 1 fully saturated rings. The number of rotatable bonds is 9. The molecule has 0 aromatic heterocycles. The van der Waals surface area contributed by atoms with Crippen LogP contribution in [0.3, 0.4) is 0 Å². The number of nitrogens with one attached hydrogen (secondary N) is 1.